The number of nitrogens with one attached hydrogen (secondary N) is 1. The van der Waals surface area contributed by atoms with Gasteiger partial charge in [-0.25, -0.2) is 0 Å². The number of anilines is 2. The first-order valence-electron chi connectivity index (χ1n) is 9.20. The minimum Gasteiger partial charge on any atom is -0.494 e. The molecule has 7 heteroatoms. The van der Waals surface area contributed by atoms with Crippen LogP contribution in [0.3, 0.4) is 0 Å². The molecule has 1 heterocycles. The summed E-state index contributed by atoms with van der Waals surface area (Å²) in [7, 11) is 0. The Morgan fingerprint density at radius 1 is 1.21 bits per heavy atom. The van der Waals surface area contributed by atoms with Gasteiger partial charge in [-0.1, -0.05) is 29.5 Å². The van der Waals surface area contributed by atoms with E-state index in [0.717, 1.165) is 5.56 Å². The van der Waals surface area contributed by atoms with Crippen molar-refractivity contribution in [1.82, 2.24) is 0 Å². The van der Waals surface area contributed by atoms with Crippen LogP contribution in [-0.4, -0.2) is 23.7 Å². The Kier molecular flexibility index (Phi) is 6.25. The second-order valence-electron chi connectivity index (χ2n) is 6.47. The van der Waals surface area contributed by atoms with Gasteiger partial charge in [0, 0.05) is 11.4 Å². The van der Waals surface area contributed by atoms with Crippen LogP contribution in [0.5, 0.6) is 5.75 Å². The number of hydrogen-bond acceptors (Lipinski definition) is 5. The molecule has 1 aliphatic rings. The van der Waals surface area contributed by atoms with Gasteiger partial charge in [0.2, 0.25) is 5.91 Å². The molecule has 1 N–H and O–H groups in total. The first-order valence-corrected chi connectivity index (χ1v) is 10.1. The van der Waals surface area contributed by atoms with Crippen LogP contribution < -0.4 is 15.0 Å². The van der Waals surface area contributed by atoms with Crippen molar-refractivity contribution in [1.29, 1.82) is 5.26 Å². The number of carbonyl (C=O) groups excluding carboxylic acids is 2. The van der Waals surface area contributed by atoms with E-state index in [1.165, 1.54) is 16.7 Å². The van der Waals surface area contributed by atoms with Crippen LogP contribution in [0.15, 0.2) is 59.1 Å². The third kappa shape index (κ3) is 4.44. The molecule has 29 heavy (non-hydrogen) atoms. The van der Waals surface area contributed by atoms with Gasteiger partial charge < -0.3 is 10.1 Å². The highest BCUT2D eigenvalue weighted by Gasteiger charge is 2.38. The Morgan fingerprint density at radius 2 is 1.86 bits per heavy atom. The van der Waals surface area contributed by atoms with E-state index >= 15 is 0 Å². The van der Waals surface area contributed by atoms with E-state index in [-0.39, 0.29) is 11.5 Å². The fourth-order valence-electron chi connectivity index (χ4n) is 2.85. The predicted molar refractivity (Wildman–Crippen MR) is 115 cm³/mol. The Hall–Kier alpha value is -3.24. The molecule has 1 unspecified atom stereocenters. The fraction of sp³-hybridized carbons (Fsp3) is 0.227. The molecule has 148 valence electrons. The van der Waals surface area contributed by atoms with Crippen LogP contribution >= 0.6 is 11.8 Å². The van der Waals surface area contributed by atoms with E-state index in [9.17, 15) is 14.9 Å². The van der Waals surface area contributed by atoms with Crippen molar-refractivity contribution in [2.75, 3.05) is 16.8 Å². The van der Waals surface area contributed by atoms with Crippen molar-refractivity contribution in [2.24, 2.45) is 0 Å². The average Bonchev–Trinajstić information content (AvgIpc) is 2.99. The summed E-state index contributed by atoms with van der Waals surface area (Å²) in [5, 5.41) is 12.4. The number of hydrogen-bond donors (Lipinski definition) is 1. The second kappa shape index (κ2) is 8.84. The van der Waals surface area contributed by atoms with Crippen molar-refractivity contribution < 1.29 is 14.3 Å². The van der Waals surface area contributed by atoms with Crippen molar-refractivity contribution in [2.45, 2.75) is 26.0 Å². The molecular weight excluding hydrogens is 386 g/mol. The largest absolute Gasteiger partial charge is 0.494 e. The average molecular weight is 407 g/mol. The fourth-order valence-corrected chi connectivity index (χ4v) is 3.95. The summed E-state index contributed by atoms with van der Waals surface area (Å²) in [6.45, 7) is 6.14. The van der Waals surface area contributed by atoms with Crippen LogP contribution in [0, 0.1) is 18.3 Å². The molecule has 0 saturated carbocycles. The molecule has 1 atom stereocenters. The summed E-state index contributed by atoms with van der Waals surface area (Å²) in [4.78, 5) is 27.0. The maximum atomic E-state index is 12.8. The second-order valence-corrected chi connectivity index (χ2v) is 7.80. The third-order valence-electron chi connectivity index (χ3n) is 4.33. The lowest BCUT2D eigenvalue weighted by molar-refractivity contribution is -0.116. The molecule has 2 aromatic carbocycles. The van der Waals surface area contributed by atoms with Gasteiger partial charge >= 0.3 is 0 Å². The molecule has 0 aromatic heterocycles. The van der Waals surface area contributed by atoms with Crippen LogP contribution in [0.4, 0.5) is 11.4 Å². The van der Waals surface area contributed by atoms with Crippen molar-refractivity contribution >= 4 is 35.0 Å². The van der Waals surface area contributed by atoms with E-state index in [4.69, 9.17) is 4.74 Å². The van der Waals surface area contributed by atoms with Crippen molar-refractivity contribution in [3.8, 4) is 11.8 Å². The summed E-state index contributed by atoms with van der Waals surface area (Å²) in [5.74, 6) is -0.0338. The van der Waals surface area contributed by atoms with Crippen molar-refractivity contribution in [3.63, 3.8) is 0 Å². The number of rotatable bonds is 5. The van der Waals surface area contributed by atoms with Crippen LogP contribution in [0.1, 0.15) is 19.4 Å². The zero-order chi connectivity index (χ0) is 21.0. The summed E-state index contributed by atoms with van der Waals surface area (Å²) in [5.41, 5.74) is 2.14. The molecule has 1 fully saturated rings. The maximum absolute atomic E-state index is 12.8. The highest BCUT2D eigenvalue weighted by molar-refractivity contribution is 8.05. The number of ether oxygens (including phenoxy) is 1. The van der Waals surface area contributed by atoms with Gasteiger partial charge in [-0.3, -0.25) is 14.5 Å². The van der Waals surface area contributed by atoms with E-state index in [1.54, 1.807) is 43.3 Å². The Balaban J connectivity index is 1.95. The normalized spacial score (nSPS) is 17.7. The van der Waals surface area contributed by atoms with E-state index in [2.05, 4.69) is 5.32 Å². The molecule has 2 amide bonds. The minimum atomic E-state index is -0.545. The topological polar surface area (TPSA) is 82.4 Å². The van der Waals surface area contributed by atoms with E-state index in [0.29, 0.717) is 28.8 Å². The number of nitrogens with zero attached hydrogens (tertiary/aromatic N) is 2. The minimum absolute atomic E-state index is 0.0952. The number of nitriles is 1. The third-order valence-corrected chi connectivity index (χ3v) is 5.49. The van der Waals surface area contributed by atoms with E-state index < -0.39 is 11.2 Å². The highest BCUT2D eigenvalue weighted by Crippen LogP contribution is 2.40. The van der Waals surface area contributed by atoms with Crippen LogP contribution in [0.2, 0.25) is 0 Å². The molecule has 6 nitrogen and oxygen atoms in total. The van der Waals surface area contributed by atoms with Gasteiger partial charge in [0.05, 0.1) is 11.9 Å². The Labute approximate surface area is 174 Å². The summed E-state index contributed by atoms with van der Waals surface area (Å²) < 4.78 is 5.44. The summed E-state index contributed by atoms with van der Waals surface area (Å²) >= 11 is 1.21. The highest BCUT2D eigenvalue weighted by atomic mass is 32.2. The van der Waals surface area contributed by atoms with Gasteiger partial charge in [-0.05, 0) is 57.2 Å². The standard InChI is InChI=1S/C22H21N3O3S/c1-4-28-18-11-9-17(10-12-18)25-21(27)15(3)29-22(25)19(13-23)20(26)24-16-7-5-14(2)6-8-16/h5-12,15H,4H2,1-3H3,(H,24,26)/b22-19-. The number of thioether (sulfide) groups is 1. The van der Waals surface area contributed by atoms with Gasteiger partial charge in [0.25, 0.3) is 5.91 Å². The first-order chi connectivity index (χ1) is 13.9. The molecule has 1 aliphatic heterocycles. The molecule has 0 spiro atoms. The predicted octanol–water partition coefficient (Wildman–Crippen LogP) is 4.24. The van der Waals surface area contributed by atoms with Crippen LogP contribution in [-0.2, 0) is 9.59 Å². The maximum Gasteiger partial charge on any atom is 0.269 e. The quantitative estimate of drug-likeness (QED) is 0.592. The van der Waals surface area contributed by atoms with E-state index in [1.807, 2.05) is 32.0 Å². The molecule has 0 bridgehead atoms. The Bertz CT molecular complexity index is 991. The van der Waals surface area contributed by atoms with Crippen molar-refractivity contribution in [3.05, 3.63) is 64.7 Å². The summed E-state index contributed by atoms with van der Waals surface area (Å²) in [6.07, 6.45) is 0. The van der Waals surface area contributed by atoms with Crippen LogP contribution in [0.25, 0.3) is 0 Å². The smallest absolute Gasteiger partial charge is 0.269 e. The molecule has 2 aromatic rings. The molecular formula is C22H21N3O3S. The number of amides is 2. The molecule has 3 rings (SSSR count). The molecule has 0 radical (unpaired) electrons. The van der Waals surface area contributed by atoms with Gasteiger partial charge in [-0.15, -0.1) is 0 Å². The molecule has 0 aliphatic carbocycles. The Morgan fingerprint density at radius 3 is 2.45 bits per heavy atom. The number of benzene rings is 2. The molecule has 1 saturated heterocycles. The lowest BCUT2D eigenvalue weighted by Crippen LogP contribution is -2.29. The SMILES string of the molecule is CCOc1ccc(N2C(=O)C(C)S/C2=C(/C#N)C(=O)Nc2ccc(C)cc2)cc1. The van der Waals surface area contributed by atoms with Gasteiger partial charge in [0.1, 0.15) is 22.4 Å². The summed E-state index contributed by atoms with van der Waals surface area (Å²) in [6, 6.07) is 16.3. The lowest BCUT2D eigenvalue weighted by Gasteiger charge is -2.19. The zero-order valence-electron chi connectivity index (χ0n) is 16.4. The number of aryl methyl sites for hydroxylation is 1. The monoisotopic (exact) mass is 407 g/mol. The number of carbonyl (C=O) groups is 2. The van der Waals surface area contributed by atoms with Gasteiger partial charge in [0.15, 0.2) is 0 Å². The lowest BCUT2D eigenvalue weighted by atomic mass is 10.2. The first kappa shape index (κ1) is 20.5. The zero-order valence-corrected chi connectivity index (χ0v) is 17.2. The van der Waals surface area contributed by atoms with Gasteiger partial charge in [-0.2, -0.15) is 5.26 Å².